The van der Waals surface area contributed by atoms with Crippen molar-refractivity contribution in [2.75, 3.05) is 42.3 Å². The first-order valence-corrected chi connectivity index (χ1v) is 12.0. The number of nitrogens with one attached hydrogen (secondary N) is 1. The molecule has 0 spiro atoms. The molecule has 1 aromatic heterocycles. The van der Waals surface area contributed by atoms with Crippen molar-refractivity contribution in [3.63, 3.8) is 0 Å². The van der Waals surface area contributed by atoms with Crippen LogP contribution in [0.1, 0.15) is 11.1 Å². The highest BCUT2D eigenvalue weighted by Gasteiger charge is 2.30. The van der Waals surface area contributed by atoms with E-state index in [9.17, 15) is 18.6 Å². The SMILES string of the molecule is Cc1ccc2nc(N3CCS(=O)(=O)c4ccccc4C3)nc(NC(CN)(CO)CO)c2c1. The zero-order valence-corrected chi connectivity index (χ0v) is 18.6. The third kappa shape index (κ3) is 4.14. The van der Waals surface area contributed by atoms with Gasteiger partial charge in [0, 0.05) is 25.0 Å². The first-order chi connectivity index (χ1) is 15.3. The molecule has 0 unspecified atom stereocenters. The second-order valence-electron chi connectivity index (χ2n) is 8.17. The zero-order valence-electron chi connectivity index (χ0n) is 17.8. The van der Waals surface area contributed by atoms with Gasteiger partial charge < -0.3 is 26.2 Å². The summed E-state index contributed by atoms with van der Waals surface area (Å²) in [5, 5.41) is 23.6. The molecule has 5 N–H and O–H groups in total. The quantitative estimate of drug-likeness (QED) is 0.423. The maximum atomic E-state index is 12.7. The van der Waals surface area contributed by atoms with Crippen LogP contribution in [0.3, 0.4) is 0 Å². The number of aromatic nitrogens is 2. The minimum absolute atomic E-state index is 0.0119. The van der Waals surface area contributed by atoms with Crippen LogP contribution in [0.25, 0.3) is 10.9 Å². The molecule has 3 aromatic rings. The molecule has 0 radical (unpaired) electrons. The van der Waals surface area contributed by atoms with E-state index in [1.165, 1.54) is 0 Å². The fourth-order valence-corrected chi connectivity index (χ4v) is 5.26. The van der Waals surface area contributed by atoms with Crippen molar-refractivity contribution < 1.29 is 18.6 Å². The molecule has 1 aliphatic heterocycles. The van der Waals surface area contributed by atoms with Crippen LogP contribution in [0.2, 0.25) is 0 Å². The number of fused-ring (bicyclic) bond motifs is 2. The Morgan fingerprint density at radius 1 is 1.16 bits per heavy atom. The van der Waals surface area contributed by atoms with Gasteiger partial charge in [0.15, 0.2) is 9.84 Å². The van der Waals surface area contributed by atoms with Crippen LogP contribution in [-0.2, 0) is 16.4 Å². The second kappa shape index (κ2) is 8.62. The lowest BCUT2D eigenvalue weighted by Gasteiger charge is -2.31. The molecule has 2 aromatic carbocycles. The van der Waals surface area contributed by atoms with Gasteiger partial charge in [0.05, 0.1) is 34.9 Å². The molecular formula is C22H27N5O4S. The average molecular weight is 458 g/mol. The number of benzene rings is 2. The lowest BCUT2D eigenvalue weighted by atomic mass is 10.0. The molecule has 0 saturated carbocycles. The fraction of sp³-hybridized carbons (Fsp3) is 0.364. The Kier molecular flexibility index (Phi) is 6.04. The molecule has 0 amide bonds. The van der Waals surface area contributed by atoms with Crippen molar-refractivity contribution in [1.29, 1.82) is 0 Å². The second-order valence-corrected chi connectivity index (χ2v) is 10.2. The van der Waals surface area contributed by atoms with E-state index in [2.05, 4.69) is 10.3 Å². The van der Waals surface area contributed by atoms with E-state index >= 15 is 0 Å². The summed E-state index contributed by atoms with van der Waals surface area (Å²) in [6.45, 7) is 1.73. The number of aliphatic hydroxyl groups is 2. The summed E-state index contributed by atoms with van der Waals surface area (Å²) in [6.07, 6.45) is 0. The van der Waals surface area contributed by atoms with Gasteiger partial charge in [-0.15, -0.1) is 0 Å². The first kappa shape index (κ1) is 22.4. The molecule has 2 heterocycles. The van der Waals surface area contributed by atoms with E-state index in [1.807, 2.05) is 36.1 Å². The molecule has 0 fully saturated rings. The van der Waals surface area contributed by atoms with Crippen molar-refractivity contribution in [2.24, 2.45) is 5.73 Å². The highest BCUT2D eigenvalue weighted by atomic mass is 32.2. The lowest BCUT2D eigenvalue weighted by Crippen LogP contribution is -2.52. The van der Waals surface area contributed by atoms with Gasteiger partial charge in [-0.25, -0.2) is 13.4 Å². The van der Waals surface area contributed by atoms with Crippen LogP contribution >= 0.6 is 0 Å². The van der Waals surface area contributed by atoms with E-state index < -0.39 is 15.4 Å². The van der Waals surface area contributed by atoms with Gasteiger partial charge in [0.1, 0.15) is 5.82 Å². The van der Waals surface area contributed by atoms with Gasteiger partial charge in [0.25, 0.3) is 0 Å². The molecule has 9 nitrogen and oxygen atoms in total. The summed E-state index contributed by atoms with van der Waals surface area (Å²) >= 11 is 0. The topological polar surface area (TPSA) is 142 Å². The Morgan fingerprint density at radius 3 is 2.62 bits per heavy atom. The van der Waals surface area contributed by atoms with Crippen molar-refractivity contribution in [3.05, 3.63) is 53.6 Å². The number of nitrogens with zero attached hydrogens (tertiary/aromatic N) is 3. The number of hydrogen-bond acceptors (Lipinski definition) is 9. The fourth-order valence-electron chi connectivity index (χ4n) is 3.76. The molecule has 170 valence electrons. The van der Waals surface area contributed by atoms with E-state index in [4.69, 9.17) is 10.7 Å². The Balaban J connectivity index is 1.83. The molecule has 0 bridgehead atoms. The molecule has 0 atom stereocenters. The van der Waals surface area contributed by atoms with Gasteiger partial charge in [-0.1, -0.05) is 29.8 Å². The van der Waals surface area contributed by atoms with Gasteiger partial charge in [-0.05, 0) is 30.7 Å². The summed E-state index contributed by atoms with van der Waals surface area (Å²) in [7, 11) is -3.41. The Hall–Kier alpha value is -2.79. The minimum Gasteiger partial charge on any atom is -0.394 e. The van der Waals surface area contributed by atoms with Crippen molar-refractivity contribution >= 4 is 32.5 Å². The number of sulfone groups is 1. The molecule has 0 aliphatic carbocycles. The number of anilines is 2. The van der Waals surface area contributed by atoms with Gasteiger partial charge in [-0.2, -0.15) is 4.98 Å². The van der Waals surface area contributed by atoms with Gasteiger partial charge in [-0.3, -0.25) is 0 Å². The van der Waals surface area contributed by atoms with Crippen LogP contribution < -0.4 is 16.0 Å². The average Bonchev–Trinajstić information content (AvgIpc) is 2.93. The minimum atomic E-state index is -3.41. The summed E-state index contributed by atoms with van der Waals surface area (Å²) in [5.41, 5.74) is 7.02. The maximum absolute atomic E-state index is 12.7. The first-order valence-electron chi connectivity index (χ1n) is 10.3. The summed E-state index contributed by atoms with van der Waals surface area (Å²) in [5.74, 6) is 0.724. The predicted octanol–water partition coefficient (Wildman–Crippen LogP) is 0.826. The van der Waals surface area contributed by atoms with E-state index in [1.54, 1.807) is 18.2 Å². The molecule has 4 rings (SSSR count). The highest BCUT2D eigenvalue weighted by molar-refractivity contribution is 7.91. The predicted molar refractivity (Wildman–Crippen MR) is 123 cm³/mol. The Bertz CT molecular complexity index is 1240. The van der Waals surface area contributed by atoms with E-state index in [0.717, 1.165) is 10.9 Å². The van der Waals surface area contributed by atoms with Crippen molar-refractivity contribution in [3.8, 4) is 0 Å². The van der Waals surface area contributed by atoms with Crippen LogP contribution in [0.5, 0.6) is 0 Å². The van der Waals surface area contributed by atoms with Crippen molar-refractivity contribution in [2.45, 2.75) is 23.9 Å². The smallest absolute Gasteiger partial charge is 0.228 e. The summed E-state index contributed by atoms with van der Waals surface area (Å²) in [6, 6.07) is 12.7. The highest BCUT2D eigenvalue weighted by Crippen LogP contribution is 2.30. The van der Waals surface area contributed by atoms with E-state index in [-0.39, 0.29) is 32.1 Å². The van der Waals surface area contributed by atoms with Gasteiger partial charge >= 0.3 is 0 Å². The molecule has 32 heavy (non-hydrogen) atoms. The van der Waals surface area contributed by atoms with Gasteiger partial charge in [0.2, 0.25) is 5.95 Å². The maximum Gasteiger partial charge on any atom is 0.228 e. The molecule has 10 heteroatoms. The standard InChI is InChI=1S/C22H27N5O4S/c1-15-6-7-18-17(10-15)20(26-22(12-23,13-28)14-29)25-21(24-18)27-8-9-32(30,31)19-5-3-2-4-16(19)11-27/h2-7,10,28-29H,8-9,11-14,23H2,1H3,(H,24,25,26). The monoisotopic (exact) mass is 457 g/mol. The number of aryl methyl sites for hydroxylation is 1. The summed E-state index contributed by atoms with van der Waals surface area (Å²) < 4.78 is 25.5. The number of hydrogen-bond donors (Lipinski definition) is 4. The van der Waals surface area contributed by atoms with Crippen LogP contribution in [-0.4, -0.2) is 66.2 Å². The Morgan fingerprint density at radius 2 is 1.91 bits per heavy atom. The van der Waals surface area contributed by atoms with E-state index in [0.29, 0.717) is 34.3 Å². The van der Waals surface area contributed by atoms with Crippen LogP contribution in [0.4, 0.5) is 11.8 Å². The third-order valence-corrected chi connectivity index (χ3v) is 7.59. The van der Waals surface area contributed by atoms with Crippen LogP contribution in [0.15, 0.2) is 47.4 Å². The number of aliphatic hydroxyl groups excluding tert-OH is 2. The third-order valence-electron chi connectivity index (χ3n) is 5.80. The summed E-state index contributed by atoms with van der Waals surface area (Å²) in [4.78, 5) is 11.5. The van der Waals surface area contributed by atoms with Crippen molar-refractivity contribution in [1.82, 2.24) is 9.97 Å². The normalized spacial score (nSPS) is 15.9. The molecule has 1 aliphatic rings. The molecular weight excluding hydrogens is 430 g/mol. The lowest BCUT2D eigenvalue weighted by molar-refractivity contribution is 0.140. The largest absolute Gasteiger partial charge is 0.394 e. The van der Waals surface area contributed by atoms with Crippen LogP contribution in [0, 0.1) is 6.92 Å². The molecule has 0 saturated heterocycles. The number of rotatable bonds is 6. The number of nitrogens with two attached hydrogens (primary N) is 1. The Labute approximate surface area is 186 Å². The zero-order chi connectivity index (χ0) is 22.9.